The molecule has 0 bridgehead atoms. The summed E-state index contributed by atoms with van der Waals surface area (Å²) < 4.78 is 0. The van der Waals surface area contributed by atoms with Crippen LogP contribution in [0.2, 0.25) is 0 Å². The van der Waals surface area contributed by atoms with Gasteiger partial charge in [0.2, 0.25) is 0 Å². The molecule has 0 rings (SSSR count). The summed E-state index contributed by atoms with van der Waals surface area (Å²) in [5.74, 6) is -0.876. The Morgan fingerprint density at radius 3 is 2.00 bits per heavy atom. The number of hydrogen-bond acceptors (Lipinski definition) is 2. The minimum atomic E-state index is -0.876. The average molecular weight is 258 g/mol. The summed E-state index contributed by atoms with van der Waals surface area (Å²) >= 11 is 0. The summed E-state index contributed by atoms with van der Waals surface area (Å²) in [6, 6.07) is 0.136. The number of carbonyl (C=O) groups excluding carboxylic acids is 1. The van der Waals surface area contributed by atoms with Crippen molar-refractivity contribution in [3.05, 3.63) is 0 Å². The largest absolute Gasteiger partial charge is 0.481 e. The summed E-state index contributed by atoms with van der Waals surface area (Å²) in [5.41, 5.74) is 0. The van der Waals surface area contributed by atoms with E-state index >= 15 is 0 Å². The van der Waals surface area contributed by atoms with Crippen LogP contribution in [0.25, 0.3) is 0 Å². The maximum absolute atomic E-state index is 12.3. The van der Waals surface area contributed by atoms with Gasteiger partial charge in [-0.1, -0.05) is 13.8 Å². The van der Waals surface area contributed by atoms with Gasteiger partial charge in [-0.15, -0.1) is 0 Å². The van der Waals surface area contributed by atoms with Crippen molar-refractivity contribution in [2.75, 3.05) is 13.6 Å². The zero-order valence-corrected chi connectivity index (χ0v) is 12.1. The Morgan fingerprint density at radius 1 is 1.17 bits per heavy atom. The van der Waals surface area contributed by atoms with Gasteiger partial charge in [-0.25, -0.2) is 4.79 Å². The Kier molecular flexibility index (Phi) is 7.39. The molecule has 5 heteroatoms. The van der Waals surface area contributed by atoms with E-state index < -0.39 is 5.97 Å². The number of carbonyl (C=O) groups is 2. The van der Waals surface area contributed by atoms with Crippen LogP contribution in [-0.2, 0) is 4.79 Å². The van der Waals surface area contributed by atoms with Gasteiger partial charge in [0.15, 0.2) is 0 Å². The fraction of sp³-hybridized carbons (Fsp3) is 0.846. The molecule has 2 amide bonds. The van der Waals surface area contributed by atoms with Crippen LogP contribution in [0.4, 0.5) is 4.79 Å². The molecule has 0 fully saturated rings. The minimum Gasteiger partial charge on any atom is -0.481 e. The molecule has 0 saturated carbocycles. The highest BCUT2D eigenvalue weighted by Gasteiger charge is 2.24. The molecule has 0 saturated heterocycles. The summed E-state index contributed by atoms with van der Waals surface area (Å²) in [7, 11) is 1.79. The maximum Gasteiger partial charge on any atom is 0.320 e. The molecule has 0 spiro atoms. The second-order valence-corrected chi connectivity index (χ2v) is 4.79. The Bertz CT molecular complexity index is 275. The van der Waals surface area contributed by atoms with Crippen LogP contribution in [0.3, 0.4) is 0 Å². The third-order valence-corrected chi connectivity index (χ3v) is 3.23. The molecule has 0 aromatic carbocycles. The van der Waals surface area contributed by atoms with E-state index in [4.69, 9.17) is 5.11 Å². The molecule has 0 aliphatic heterocycles. The summed E-state index contributed by atoms with van der Waals surface area (Å²) in [5, 5.41) is 8.71. The first-order valence-electron chi connectivity index (χ1n) is 6.60. The first-order valence-corrected chi connectivity index (χ1v) is 6.60. The van der Waals surface area contributed by atoms with Gasteiger partial charge in [0.25, 0.3) is 0 Å². The van der Waals surface area contributed by atoms with Crippen LogP contribution in [-0.4, -0.2) is 52.6 Å². The van der Waals surface area contributed by atoms with Crippen molar-refractivity contribution in [2.45, 2.75) is 59.0 Å². The van der Waals surface area contributed by atoms with Gasteiger partial charge in [0.1, 0.15) is 0 Å². The minimum absolute atomic E-state index is 0.00802. The van der Waals surface area contributed by atoms with E-state index in [1.54, 1.807) is 16.8 Å². The highest BCUT2D eigenvalue weighted by atomic mass is 16.4. The van der Waals surface area contributed by atoms with Crippen molar-refractivity contribution in [2.24, 2.45) is 0 Å². The maximum atomic E-state index is 12.3. The van der Waals surface area contributed by atoms with Gasteiger partial charge >= 0.3 is 12.0 Å². The highest BCUT2D eigenvalue weighted by molar-refractivity contribution is 5.75. The lowest BCUT2D eigenvalue weighted by Crippen LogP contribution is -2.49. The van der Waals surface area contributed by atoms with Gasteiger partial charge in [-0.05, 0) is 26.7 Å². The van der Waals surface area contributed by atoms with Gasteiger partial charge in [-0.2, -0.15) is 0 Å². The third-order valence-electron chi connectivity index (χ3n) is 3.23. The smallest absolute Gasteiger partial charge is 0.320 e. The zero-order valence-electron chi connectivity index (χ0n) is 12.1. The van der Waals surface area contributed by atoms with E-state index in [-0.39, 0.29) is 31.1 Å². The van der Waals surface area contributed by atoms with E-state index in [1.807, 2.05) is 13.8 Å². The van der Waals surface area contributed by atoms with Crippen molar-refractivity contribution in [1.82, 2.24) is 9.80 Å². The standard InChI is InChI=1S/C13H26N2O3/c1-6-11(7-2)14(5)13(18)15(10(3)4)9-8-12(16)17/h10-11H,6-9H2,1-5H3,(H,16,17). The predicted octanol–water partition coefficient (Wildman–Crippen LogP) is 2.41. The van der Waals surface area contributed by atoms with Gasteiger partial charge in [-0.3, -0.25) is 4.79 Å². The fourth-order valence-corrected chi connectivity index (χ4v) is 1.99. The molecular formula is C13H26N2O3. The number of aliphatic carboxylic acids is 1. The second kappa shape index (κ2) is 7.95. The van der Waals surface area contributed by atoms with E-state index in [1.165, 1.54) is 0 Å². The van der Waals surface area contributed by atoms with Crippen LogP contribution < -0.4 is 0 Å². The molecule has 0 heterocycles. The van der Waals surface area contributed by atoms with Crippen LogP contribution in [0.15, 0.2) is 0 Å². The van der Waals surface area contributed by atoms with Crippen LogP contribution in [0, 0.1) is 0 Å². The molecule has 0 unspecified atom stereocenters. The Labute approximate surface area is 110 Å². The fourth-order valence-electron chi connectivity index (χ4n) is 1.99. The second-order valence-electron chi connectivity index (χ2n) is 4.79. The SMILES string of the molecule is CCC(CC)N(C)C(=O)N(CCC(=O)O)C(C)C. The molecule has 0 aliphatic carbocycles. The number of amides is 2. The van der Waals surface area contributed by atoms with Crippen LogP contribution in [0.5, 0.6) is 0 Å². The Morgan fingerprint density at radius 2 is 1.67 bits per heavy atom. The molecule has 0 aromatic rings. The molecular weight excluding hydrogens is 232 g/mol. The van der Waals surface area contributed by atoms with E-state index in [0.29, 0.717) is 0 Å². The number of hydrogen-bond donors (Lipinski definition) is 1. The number of rotatable bonds is 7. The molecule has 0 aliphatic rings. The monoisotopic (exact) mass is 258 g/mol. The van der Waals surface area contributed by atoms with Crippen molar-refractivity contribution in [1.29, 1.82) is 0 Å². The molecule has 106 valence electrons. The molecule has 5 nitrogen and oxygen atoms in total. The van der Waals surface area contributed by atoms with Gasteiger partial charge in [0.05, 0.1) is 6.42 Å². The molecule has 18 heavy (non-hydrogen) atoms. The van der Waals surface area contributed by atoms with Crippen molar-refractivity contribution in [3.8, 4) is 0 Å². The van der Waals surface area contributed by atoms with E-state index in [0.717, 1.165) is 12.8 Å². The number of urea groups is 1. The Hall–Kier alpha value is -1.26. The van der Waals surface area contributed by atoms with Crippen LogP contribution in [0.1, 0.15) is 47.0 Å². The summed E-state index contributed by atoms with van der Waals surface area (Å²) in [6.07, 6.45) is 1.80. The first-order chi connectivity index (χ1) is 8.34. The number of carboxylic acid groups (broad SMARTS) is 1. The van der Waals surface area contributed by atoms with E-state index in [9.17, 15) is 9.59 Å². The lowest BCUT2D eigenvalue weighted by Gasteiger charge is -2.34. The van der Waals surface area contributed by atoms with Gasteiger partial charge in [0, 0.05) is 25.7 Å². The normalized spacial score (nSPS) is 10.8. The van der Waals surface area contributed by atoms with Crippen molar-refractivity contribution in [3.63, 3.8) is 0 Å². The molecule has 0 aromatic heterocycles. The van der Waals surface area contributed by atoms with Crippen LogP contribution >= 0.6 is 0 Å². The summed E-state index contributed by atoms with van der Waals surface area (Å²) in [4.78, 5) is 26.3. The average Bonchev–Trinajstić information content (AvgIpc) is 2.29. The quantitative estimate of drug-likeness (QED) is 0.762. The molecule has 1 N–H and O–H groups in total. The van der Waals surface area contributed by atoms with Crippen molar-refractivity contribution < 1.29 is 14.7 Å². The number of nitrogens with zero attached hydrogens (tertiary/aromatic N) is 2. The molecule has 0 radical (unpaired) electrons. The predicted molar refractivity (Wildman–Crippen MR) is 71.6 cm³/mol. The Balaban J connectivity index is 4.69. The van der Waals surface area contributed by atoms with E-state index in [2.05, 4.69) is 13.8 Å². The van der Waals surface area contributed by atoms with Gasteiger partial charge < -0.3 is 14.9 Å². The number of carboxylic acids is 1. The topological polar surface area (TPSA) is 60.9 Å². The lowest BCUT2D eigenvalue weighted by atomic mass is 10.1. The lowest BCUT2D eigenvalue weighted by molar-refractivity contribution is -0.137. The summed E-state index contributed by atoms with van der Waals surface area (Å²) in [6.45, 7) is 8.17. The third kappa shape index (κ3) is 4.94. The molecule has 0 atom stereocenters. The highest BCUT2D eigenvalue weighted by Crippen LogP contribution is 2.12. The zero-order chi connectivity index (χ0) is 14.3. The van der Waals surface area contributed by atoms with Crippen molar-refractivity contribution >= 4 is 12.0 Å². The first kappa shape index (κ1) is 16.7.